The van der Waals surface area contributed by atoms with Crippen LogP contribution in [0.25, 0.3) is 6.08 Å². The van der Waals surface area contributed by atoms with E-state index in [-0.39, 0.29) is 5.91 Å². The molecule has 0 bridgehead atoms. The van der Waals surface area contributed by atoms with Gasteiger partial charge in [-0.25, -0.2) is 4.98 Å². The summed E-state index contributed by atoms with van der Waals surface area (Å²) in [6.07, 6.45) is 9.62. The van der Waals surface area contributed by atoms with Gasteiger partial charge in [-0.1, -0.05) is 24.3 Å². The minimum atomic E-state index is -0.0978. The Morgan fingerprint density at radius 2 is 2.09 bits per heavy atom. The van der Waals surface area contributed by atoms with Crippen molar-refractivity contribution in [1.82, 2.24) is 25.0 Å². The lowest BCUT2D eigenvalue weighted by Crippen LogP contribution is -2.33. The van der Waals surface area contributed by atoms with Crippen LogP contribution in [0.2, 0.25) is 0 Å². The van der Waals surface area contributed by atoms with Crippen LogP contribution in [0.5, 0.6) is 0 Å². The number of carbonyl (C=O) groups excluding carboxylic acids is 1. The number of carbonyl (C=O) groups is 1. The average Bonchev–Trinajstić information content (AvgIpc) is 3.36. The first-order valence-electron chi connectivity index (χ1n) is 12.0. The van der Waals surface area contributed by atoms with Gasteiger partial charge < -0.3 is 10.2 Å². The summed E-state index contributed by atoms with van der Waals surface area (Å²) < 4.78 is 2.12. The lowest BCUT2D eigenvalue weighted by molar-refractivity contribution is 0.0943. The van der Waals surface area contributed by atoms with E-state index < -0.39 is 0 Å². The van der Waals surface area contributed by atoms with Crippen LogP contribution in [-0.4, -0.2) is 52.8 Å². The first-order valence-corrected chi connectivity index (χ1v) is 12.9. The third-order valence-corrected chi connectivity index (χ3v) is 7.30. The summed E-state index contributed by atoms with van der Waals surface area (Å²) in [5.74, 6) is 0.620. The number of nitrogens with one attached hydrogen (secondary N) is 1. The molecule has 1 saturated carbocycles. The lowest BCUT2D eigenvalue weighted by Gasteiger charge is -2.26. The van der Waals surface area contributed by atoms with Gasteiger partial charge >= 0.3 is 0 Å². The number of fused-ring (bicyclic) bond motifs is 1. The largest absolute Gasteiger partial charge is 0.378 e. The third kappa shape index (κ3) is 5.39. The van der Waals surface area contributed by atoms with E-state index in [9.17, 15) is 4.79 Å². The Hall–Kier alpha value is -2.97. The zero-order valence-corrected chi connectivity index (χ0v) is 20.7. The molecule has 5 rings (SSSR count). The van der Waals surface area contributed by atoms with Gasteiger partial charge in [-0.3, -0.25) is 14.4 Å². The molecule has 8 heteroatoms. The standard InChI is InChI=1S/C26H32N6OS/c1-30(2)21-9-7-19(8-10-21)4-3-13-31-14-11-23-22(18-31)25(29-32(23)17-20-5-6-20)26(33)28-16-24-27-12-15-34-24/h3-4,7-10,12,15,20H,5-6,11,13-14,16-18H2,1-2H3,(H,28,33)/b4-3+. The normalized spacial score (nSPS) is 16.1. The fraction of sp³-hybridized carbons (Fsp3) is 0.423. The molecule has 178 valence electrons. The van der Waals surface area contributed by atoms with Gasteiger partial charge in [0.15, 0.2) is 5.69 Å². The van der Waals surface area contributed by atoms with Gasteiger partial charge in [-0.2, -0.15) is 5.10 Å². The summed E-state index contributed by atoms with van der Waals surface area (Å²) >= 11 is 1.55. The molecule has 0 saturated heterocycles. The Kier molecular flexibility index (Phi) is 6.78. The summed E-state index contributed by atoms with van der Waals surface area (Å²) in [7, 11) is 4.10. The maximum absolute atomic E-state index is 13.1. The van der Waals surface area contributed by atoms with E-state index in [1.54, 1.807) is 17.5 Å². The summed E-state index contributed by atoms with van der Waals surface area (Å²) in [5, 5.41) is 10.7. The molecule has 0 unspecified atom stereocenters. The number of aromatic nitrogens is 3. The molecule has 1 fully saturated rings. The van der Waals surface area contributed by atoms with Crippen LogP contribution in [0.4, 0.5) is 5.69 Å². The zero-order chi connectivity index (χ0) is 23.5. The molecular weight excluding hydrogens is 444 g/mol. The number of nitrogens with zero attached hydrogens (tertiary/aromatic N) is 5. The van der Waals surface area contributed by atoms with Gasteiger partial charge in [0.2, 0.25) is 0 Å². The molecular formula is C26H32N6OS. The maximum atomic E-state index is 13.1. The predicted molar refractivity (Wildman–Crippen MR) is 137 cm³/mol. The van der Waals surface area contributed by atoms with Gasteiger partial charge in [-0.05, 0) is 36.5 Å². The highest BCUT2D eigenvalue weighted by Gasteiger charge is 2.30. The Balaban J connectivity index is 1.26. The van der Waals surface area contributed by atoms with Crippen molar-refractivity contribution >= 4 is 29.0 Å². The Morgan fingerprint density at radius 3 is 2.79 bits per heavy atom. The number of hydrogen-bond acceptors (Lipinski definition) is 6. The summed E-state index contributed by atoms with van der Waals surface area (Å²) in [6.45, 7) is 3.96. The van der Waals surface area contributed by atoms with Gasteiger partial charge in [0.25, 0.3) is 5.91 Å². The van der Waals surface area contributed by atoms with E-state index in [2.05, 4.69) is 75.3 Å². The Morgan fingerprint density at radius 1 is 1.26 bits per heavy atom. The van der Waals surface area contributed by atoms with Crippen LogP contribution in [0, 0.1) is 5.92 Å². The third-order valence-electron chi connectivity index (χ3n) is 6.52. The maximum Gasteiger partial charge on any atom is 0.272 e. The van der Waals surface area contributed by atoms with Gasteiger partial charge in [0, 0.05) is 75.2 Å². The minimum absolute atomic E-state index is 0.0978. The number of anilines is 1. The SMILES string of the molecule is CN(C)c1ccc(/C=C/CN2CCc3c(c(C(=O)NCc4nccs4)nn3CC3CC3)C2)cc1. The van der Waals surface area contributed by atoms with E-state index in [4.69, 9.17) is 5.10 Å². The molecule has 0 radical (unpaired) electrons. The molecule has 0 spiro atoms. The second-order valence-electron chi connectivity index (χ2n) is 9.38. The molecule has 3 heterocycles. The van der Waals surface area contributed by atoms with Gasteiger partial charge in [-0.15, -0.1) is 11.3 Å². The number of hydrogen-bond donors (Lipinski definition) is 1. The molecule has 1 aliphatic carbocycles. The Bertz CT molecular complexity index is 1140. The fourth-order valence-electron chi connectivity index (χ4n) is 4.38. The number of benzene rings is 1. The Labute approximate surface area is 205 Å². The highest BCUT2D eigenvalue weighted by molar-refractivity contribution is 7.09. The molecule has 2 aliphatic rings. The van der Waals surface area contributed by atoms with E-state index in [0.717, 1.165) is 49.1 Å². The highest BCUT2D eigenvalue weighted by atomic mass is 32.1. The van der Waals surface area contributed by atoms with Crippen molar-refractivity contribution in [3.8, 4) is 0 Å². The van der Waals surface area contributed by atoms with Gasteiger partial charge in [0.05, 0.1) is 6.54 Å². The van der Waals surface area contributed by atoms with Crippen LogP contribution in [0.15, 0.2) is 41.9 Å². The monoisotopic (exact) mass is 476 g/mol. The van der Waals surface area contributed by atoms with Crippen molar-refractivity contribution in [2.75, 3.05) is 32.1 Å². The van der Waals surface area contributed by atoms with Crippen molar-refractivity contribution in [3.05, 3.63) is 69.4 Å². The smallest absolute Gasteiger partial charge is 0.272 e. The zero-order valence-electron chi connectivity index (χ0n) is 19.9. The van der Waals surface area contributed by atoms with E-state index in [1.165, 1.54) is 29.8 Å². The van der Waals surface area contributed by atoms with Crippen LogP contribution < -0.4 is 10.2 Å². The lowest BCUT2D eigenvalue weighted by atomic mass is 10.0. The minimum Gasteiger partial charge on any atom is -0.378 e. The van der Waals surface area contributed by atoms with Crippen LogP contribution in [0.3, 0.4) is 0 Å². The van der Waals surface area contributed by atoms with Crippen molar-refractivity contribution in [2.45, 2.75) is 38.9 Å². The van der Waals surface area contributed by atoms with Crippen molar-refractivity contribution < 1.29 is 4.79 Å². The highest BCUT2D eigenvalue weighted by Crippen LogP contribution is 2.32. The second kappa shape index (κ2) is 10.1. The van der Waals surface area contributed by atoms with Crippen LogP contribution in [-0.2, 0) is 26.1 Å². The van der Waals surface area contributed by atoms with Crippen molar-refractivity contribution in [1.29, 1.82) is 0 Å². The summed E-state index contributed by atoms with van der Waals surface area (Å²) in [5.41, 5.74) is 5.31. The van der Waals surface area contributed by atoms with Crippen molar-refractivity contribution in [3.63, 3.8) is 0 Å². The fourth-order valence-corrected chi connectivity index (χ4v) is 4.94. The van der Waals surface area contributed by atoms with Gasteiger partial charge in [0.1, 0.15) is 5.01 Å². The molecule has 1 aromatic carbocycles. The molecule has 0 atom stereocenters. The first kappa shape index (κ1) is 22.8. The molecule has 1 aliphatic heterocycles. The summed E-state index contributed by atoms with van der Waals surface area (Å²) in [4.78, 5) is 21.8. The predicted octanol–water partition coefficient (Wildman–Crippen LogP) is 3.82. The number of rotatable bonds is 9. The quantitative estimate of drug-likeness (QED) is 0.509. The molecule has 1 amide bonds. The molecule has 34 heavy (non-hydrogen) atoms. The molecule has 2 aromatic heterocycles. The molecule has 1 N–H and O–H groups in total. The van der Waals surface area contributed by atoms with Crippen LogP contribution in [0.1, 0.15) is 45.2 Å². The molecule has 3 aromatic rings. The first-order chi connectivity index (χ1) is 16.6. The number of thiazole rings is 1. The summed E-state index contributed by atoms with van der Waals surface area (Å²) in [6, 6.07) is 8.56. The van der Waals surface area contributed by atoms with Crippen LogP contribution >= 0.6 is 11.3 Å². The second-order valence-corrected chi connectivity index (χ2v) is 10.4. The van der Waals surface area contributed by atoms with E-state index in [1.807, 2.05) is 5.38 Å². The van der Waals surface area contributed by atoms with Crippen molar-refractivity contribution in [2.24, 2.45) is 5.92 Å². The van der Waals surface area contributed by atoms with E-state index in [0.29, 0.717) is 12.2 Å². The average molecular weight is 477 g/mol. The molecule has 7 nitrogen and oxygen atoms in total. The number of amides is 1. The van der Waals surface area contributed by atoms with E-state index >= 15 is 0 Å². The topological polar surface area (TPSA) is 66.3 Å².